The van der Waals surface area contributed by atoms with Crippen LogP contribution in [0.1, 0.15) is 19.8 Å². The zero-order valence-electron chi connectivity index (χ0n) is 13.4. The topological polar surface area (TPSA) is 122 Å². The van der Waals surface area contributed by atoms with E-state index in [0.29, 0.717) is 5.02 Å². The van der Waals surface area contributed by atoms with Crippen LogP contribution in [0, 0.1) is 0 Å². The summed E-state index contributed by atoms with van der Waals surface area (Å²) >= 11 is 5.71. The minimum atomic E-state index is -4.08. The summed E-state index contributed by atoms with van der Waals surface area (Å²) in [6, 6.07) is 3.86. The first-order valence-electron chi connectivity index (χ1n) is 7.61. The molecule has 0 radical (unpaired) electrons. The van der Waals surface area contributed by atoms with Crippen LogP contribution in [-0.2, 0) is 24.3 Å². The molecule has 3 N–H and O–H groups in total. The third kappa shape index (κ3) is 5.96. The largest absolute Gasteiger partial charge is 0.454 e. The Balaban J connectivity index is 1.99. The number of aliphatic hydroxyl groups is 1. The Labute approximate surface area is 150 Å². The van der Waals surface area contributed by atoms with E-state index >= 15 is 0 Å². The fourth-order valence-electron chi connectivity index (χ4n) is 1.92. The molecule has 0 saturated heterocycles. The van der Waals surface area contributed by atoms with Crippen LogP contribution in [0.4, 0.5) is 0 Å². The number of nitrogens with one attached hydrogen (secondary N) is 2. The van der Waals surface area contributed by atoms with Crippen molar-refractivity contribution in [1.82, 2.24) is 10.0 Å². The van der Waals surface area contributed by atoms with Crippen molar-refractivity contribution in [2.45, 2.75) is 42.8 Å². The van der Waals surface area contributed by atoms with Crippen molar-refractivity contribution in [3.63, 3.8) is 0 Å². The summed E-state index contributed by atoms with van der Waals surface area (Å²) in [5, 5.41) is 12.7. The highest BCUT2D eigenvalue weighted by molar-refractivity contribution is 7.89. The highest BCUT2D eigenvalue weighted by Crippen LogP contribution is 2.18. The number of carbonyl (C=O) groups is 2. The van der Waals surface area contributed by atoms with Crippen LogP contribution >= 0.6 is 11.6 Å². The maximum Gasteiger partial charge on any atom is 0.327 e. The standard InChI is InChI=1S/C15H19ClN2O6S/c1-9(19)14(15(21)24-8-13(20)17-11-4-5-11)18-25(22,23)12-6-2-10(16)3-7-12/h2-3,6-7,9,11,14,18-19H,4-5,8H2,1H3,(H,17,20)/t9-,14-/m0/s1. The van der Waals surface area contributed by atoms with Gasteiger partial charge in [0.25, 0.3) is 5.91 Å². The Kier molecular flexibility index (Phi) is 6.39. The molecule has 1 aliphatic rings. The summed E-state index contributed by atoms with van der Waals surface area (Å²) < 4.78 is 31.5. The molecule has 2 rings (SSSR count). The average Bonchev–Trinajstić information content (AvgIpc) is 3.34. The number of ether oxygens (including phenoxy) is 1. The van der Waals surface area contributed by atoms with Gasteiger partial charge in [0.1, 0.15) is 6.04 Å². The van der Waals surface area contributed by atoms with Gasteiger partial charge in [-0.1, -0.05) is 11.6 Å². The van der Waals surface area contributed by atoms with Crippen LogP contribution in [0.3, 0.4) is 0 Å². The van der Waals surface area contributed by atoms with Crippen molar-refractivity contribution in [2.75, 3.05) is 6.61 Å². The number of hydrogen-bond donors (Lipinski definition) is 3. The van der Waals surface area contributed by atoms with Gasteiger partial charge in [-0.2, -0.15) is 4.72 Å². The highest BCUT2D eigenvalue weighted by atomic mass is 35.5. The summed E-state index contributed by atoms with van der Waals surface area (Å²) in [6.07, 6.45) is 0.411. The molecule has 0 bridgehead atoms. The second-order valence-corrected chi connectivity index (χ2v) is 7.89. The Bertz CT molecular complexity index is 731. The van der Waals surface area contributed by atoms with Crippen LogP contribution in [-0.4, -0.2) is 50.2 Å². The third-order valence-corrected chi connectivity index (χ3v) is 5.14. The molecule has 1 saturated carbocycles. The Morgan fingerprint density at radius 2 is 1.92 bits per heavy atom. The molecular formula is C15H19ClN2O6S. The SMILES string of the molecule is C[C@H](O)[C@H](NS(=O)(=O)c1ccc(Cl)cc1)C(=O)OCC(=O)NC1CC1. The van der Waals surface area contributed by atoms with Crippen LogP contribution in [0.5, 0.6) is 0 Å². The molecule has 0 heterocycles. The van der Waals surface area contributed by atoms with E-state index in [2.05, 4.69) is 10.0 Å². The Morgan fingerprint density at radius 1 is 1.32 bits per heavy atom. The van der Waals surface area contributed by atoms with Gasteiger partial charge in [-0.15, -0.1) is 0 Å². The molecular weight excluding hydrogens is 372 g/mol. The molecule has 1 aromatic carbocycles. The number of esters is 1. The minimum absolute atomic E-state index is 0.113. The average molecular weight is 391 g/mol. The van der Waals surface area contributed by atoms with Gasteiger partial charge in [0.15, 0.2) is 6.61 Å². The number of benzene rings is 1. The van der Waals surface area contributed by atoms with Crippen molar-refractivity contribution in [2.24, 2.45) is 0 Å². The number of hydrogen-bond acceptors (Lipinski definition) is 6. The van der Waals surface area contributed by atoms with Gasteiger partial charge in [0.05, 0.1) is 11.0 Å². The summed E-state index contributed by atoms with van der Waals surface area (Å²) in [6.45, 7) is 0.696. The van der Waals surface area contributed by atoms with E-state index in [1.165, 1.54) is 31.2 Å². The molecule has 1 aromatic rings. The molecule has 25 heavy (non-hydrogen) atoms. The van der Waals surface area contributed by atoms with Crippen molar-refractivity contribution >= 4 is 33.5 Å². The quantitative estimate of drug-likeness (QED) is 0.545. The van der Waals surface area contributed by atoms with Crippen molar-refractivity contribution in [3.05, 3.63) is 29.3 Å². The predicted octanol–water partition coefficient (Wildman–Crippen LogP) is 0.189. The van der Waals surface area contributed by atoms with Crippen LogP contribution in [0.2, 0.25) is 5.02 Å². The maximum atomic E-state index is 12.3. The predicted molar refractivity (Wildman–Crippen MR) is 89.4 cm³/mol. The van der Waals surface area contributed by atoms with Gasteiger partial charge in [0.2, 0.25) is 10.0 Å². The maximum absolute atomic E-state index is 12.3. The summed E-state index contributed by atoms with van der Waals surface area (Å²) in [4.78, 5) is 23.4. The minimum Gasteiger partial charge on any atom is -0.454 e. The molecule has 0 aromatic heterocycles. The fourth-order valence-corrected chi connectivity index (χ4v) is 3.30. The zero-order valence-corrected chi connectivity index (χ0v) is 15.0. The van der Waals surface area contributed by atoms with E-state index in [0.717, 1.165) is 12.8 Å². The summed E-state index contributed by atoms with van der Waals surface area (Å²) in [5.74, 6) is -1.51. The smallest absolute Gasteiger partial charge is 0.327 e. The van der Waals surface area contributed by atoms with E-state index in [-0.39, 0.29) is 10.9 Å². The molecule has 2 atom stereocenters. The number of sulfonamides is 1. The number of halogens is 1. The van der Waals surface area contributed by atoms with Crippen molar-refractivity contribution in [1.29, 1.82) is 0 Å². The molecule has 1 aliphatic carbocycles. The van der Waals surface area contributed by atoms with E-state index in [1.54, 1.807) is 0 Å². The first kappa shape index (κ1) is 19.6. The fraction of sp³-hybridized carbons (Fsp3) is 0.467. The van der Waals surface area contributed by atoms with E-state index in [9.17, 15) is 23.1 Å². The van der Waals surface area contributed by atoms with E-state index in [1.807, 2.05) is 0 Å². The Hall–Kier alpha value is -1.68. The van der Waals surface area contributed by atoms with Gasteiger partial charge in [-0.05, 0) is 44.0 Å². The molecule has 0 aliphatic heterocycles. The lowest BCUT2D eigenvalue weighted by Crippen LogP contribution is -2.49. The number of aliphatic hydroxyl groups excluding tert-OH is 1. The summed E-state index contributed by atoms with van der Waals surface area (Å²) in [5.41, 5.74) is 0. The lowest BCUT2D eigenvalue weighted by Gasteiger charge is -2.20. The highest BCUT2D eigenvalue weighted by Gasteiger charge is 2.31. The van der Waals surface area contributed by atoms with Crippen LogP contribution in [0.25, 0.3) is 0 Å². The van der Waals surface area contributed by atoms with Gasteiger partial charge in [0, 0.05) is 11.1 Å². The lowest BCUT2D eigenvalue weighted by molar-refractivity contribution is -0.152. The van der Waals surface area contributed by atoms with Gasteiger partial charge >= 0.3 is 5.97 Å². The first-order chi connectivity index (χ1) is 11.7. The van der Waals surface area contributed by atoms with Gasteiger partial charge in [-0.25, -0.2) is 8.42 Å². The summed E-state index contributed by atoms with van der Waals surface area (Å²) in [7, 11) is -4.08. The van der Waals surface area contributed by atoms with E-state index < -0.39 is 40.7 Å². The van der Waals surface area contributed by atoms with Crippen molar-refractivity contribution < 1.29 is 27.9 Å². The van der Waals surface area contributed by atoms with E-state index in [4.69, 9.17) is 16.3 Å². The second-order valence-electron chi connectivity index (χ2n) is 5.74. The third-order valence-electron chi connectivity index (χ3n) is 3.43. The monoisotopic (exact) mass is 390 g/mol. The zero-order chi connectivity index (χ0) is 18.6. The van der Waals surface area contributed by atoms with Crippen LogP contribution in [0.15, 0.2) is 29.2 Å². The molecule has 138 valence electrons. The van der Waals surface area contributed by atoms with Crippen LogP contribution < -0.4 is 10.0 Å². The molecule has 0 spiro atoms. The van der Waals surface area contributed by atoms with Gasteiger partial charge < -0.3 is 15.2 Å². The number of carbonyl (C=O) groups excluding carboxylic acids is 2. The molecule has 1 amide bonds. The molecule has 10 heteroatoms. The first-order valence-corrected chi connectivity index (χ1v) is 9.47. The molecule has 8 nitrogen and oxygen atoms in total. The number of amides is 1. The second kappa shape index (κ2) is 8.13. The molecule has 0 unspecified atom stereocenters. The molecule has 1 fully saturated rings. The normalized spacial score (nSPS) is 16.8. The Morgan fingerprint density at radius 3 is 2.44 bits per heavy atom. The van der Waals surface area contributed by atoms with Gasteiger partial charge in [-0.3, -0.25) is 9.59 Å². The lowest BCUT2D eigenvalue weighted by atomic mass is 10.2. The number of rotatable bonds is 8. The van der Waals surface area contributed by atoms with Crippen molar-refractivity contribution in [3.8, 4) is 0 Å².